The Morgan fingerprint density at radius 3 is 1.40 bits per heavy atom. The lowest BCUT2D eigenvalue weighted by molar-refractivity contribution is -0.147. The summed E-state index contributed by atoms with van der Waals surface area (Å²) in [5, 5.41) is 0. The van der Waals surface area contributed by atoms with Gasteiger partial charge >= 0.3 is 12.2 Å². The summed E-state index contributed by atoms with van der Waals surface area (Å²) in [6, 6.07) is 43.3. The molecule has 282 valence electrons. The van der Waals surface area contributed by atoms with Crippen LogP contribution < -0.4 is 11.5 Å². The molecule has 1 unspecified atom stereocenters. The number of hydrogen-bond donors (Lipinski definition) is 2. The lowest BCUT2D eigenvalue weighted by Gasteiger charge is -2.39. The van der Waals surface area contributed by atoms with E-state index < -0.39 is 42.0 Å². The van der Waals surface area contributed by atoms with Gasteiger partial charge in [0.15, 0.2) is 5.96 Å². The van der Waals surface area contributed by atoms with E-state index in [1.54, 1.807) is 48.5 Å². The summed E-state index contributed by atoms with van der Waals surface area (Å²) >= 11 is 0. The number of imide groups is 3. The van der Waals surface area contributed by atoms with Crippen molar-refractivity contribution in [1.29, 1.82) is 0 Å². The van der Waals surface area contributed by atoms with Crippen LogP contribution in [0, 0.1) is 0 Å². The summed E-state index contributed by atoms with van der Waals surface area (Å²) in [7, 11) is 0. The summed E-state index contributed by atoms with van der Waals surface area (Å²) in [5.41, 5.74) is 14.6. The van der Waals surface area contributed by atoms with Crippen molar-refractivity contribution in [3.8, 4) is 0 Å². The van der Waals surface area contributed by atoms with Gasteiger partial charge in [0.25, 0.3) is 5.91 Å². The van der Waals surface area contributed by atoms with Crippen LogP contribution in [0.15, 0.2) is 157 Å². The van der Waals surface area contributed by atoms with Crippen molar-refractivity contribution in [2.75, 3.05) is 6.54 Å². The van der Waals surface area contributed by atoms with Crippen LogP contribution in [-0.4, -0.2) is 52.3 Å². The van der Waals surface area contributed by atoms with Gasteiger partial charge in [0.2, 0.25) is 5.91 Å². The summed E-state index contributed by atoms with van der Waals surface area (Å²) in [6.45, 7) is 1.48. The van der Waals surface area contributed by atoms with Crippen LogP contribution in [0.4, 0.5) is 9.59 Å². The Bertz CT molecular complexity index is 1920. The van der Waals surface area contributed by atoms with Crippen molar-refractivity contribution in [3.05, 3.63) is 179 Å². The van der Waals surface area contributed by atoms with Crippen LogP contribution in [0.5, 0.6) is 0 Å². The summed E-state index contributed by atoms with van der Waals surface area (Å²) in [5.74, 6) is -2.43. The number of carbonyl (C=O) groups is 4. The van der Waals surface area contributed by atoms with Crippen LogP contribution in [-0.2, 0) is 32.3 Å². The lowest BCUT2D eigenvalue weighted by Crippen LogP contribution is -2.56. The Morgan fingerprint density at radius 1 is 0.582 bits per heavy atom. The summed E-state index contributed by atoms with van der Waals surface area (Å²) in [6.07, 6.45) is -2.30. The third-order valence-corrected chi connectivity index (χ3v) is 9.01. The standard InChI is InChI=1S/C44H45N5O6/c1-32(35-22-11-4-12-23-35)48(41(51)39(36-24-13-5-14-25-36)37-26-15-6-16-27-37)38(28-17-29-47-42(45)46)40(50)49(43(52)54-30-33-18-7-2-8-19-33)44(53)55-31-34-20-9-3-10-21-34/h2-16,18-27,32,38-39H,17,28-31H2,1H3,(H4,45,46,47)/t32?,38-/m1/s1. The maximum Gasteiger partial charge on any atom is 0.426 e. The molecule has 5 rings (SSSR count). The van der Waals surface area contributed by atoms with Crippen molar-refractivity contribution in [2.24, 2.45) is 16.5 Å². The fourth-order valence-electron chi connectivity index (χ4n) is 6.27. The van der Waals surface area contributed by atoms with Crippen molar-refractivity contribution < 1.29 is 28.7 Å². The molecule has 0 aliphatic carbocycles. The molecular formula is C44H45N5O6. The van der Waals surface area contributed by atoms with Crippen LogP contribution in [0.3, 0.4) is 0 Å². The third kappa shape index (κ3) is 10.9. The molecule has 11 heteroatoms. The normalized spacial score (nSPS) is 11.8. The zero-order chi connectivity index (χ0) is 39.0. The van der Waals surface area contributed by atoms with Gasteiger partial charge in [-0.1, -0.05) is 152 Å². The predicted molar refractivity (Wildman–Crippen MR) is 210 cm³/mol. The average molecular weight is 740 g/mol. The number of aliphatic imine (C=N–C) groups is 1. The summed E-state index contributed by atoms with van der Waals surface area (Å²) < 4.78 is 11.1. The van der Waals surface area contributed by atoms with E-state index in [1.807, 2.05) is 110 Å². The number of rotatable bonds is 15. The number of amides is 4. The Hall–Kier alpha value is -6.75. The molecule has 4 N–H and O–H groups in total. The van der Waals surface area contributed by atoms with Crippen molar-refractivity contribution in [1.82, 2.24) is 9.80 Å². The molecular weight excluding hydrogens is 695 g/mol. The first-order valence-electron chi connectivity index (χ1n) is 18.0. The van der Waals surface area contributed by atoms with Crippen LogP contribution >= 0.6 is 0 Å². The minimum atomic E-state index is -1.39. The minimum absolute atomic E-state index is 0.0245. The second-order valence-electron chi connectivity index (χ2n) is 12.8. The Morgan fingerprint density at radius 2 is 0.982 bits per heavy atom. The Kier molecular flexibility index (Phi) is 14.3. The monoisotopic (exact) mass is 739 g/mol. The molecule has 0 bridgehead atoms. The Labute approximate surface area is 321 Å². The summed E-state index contributed by atoms with van der Waals surface area (Å²) in [4.78, 5) is 64.3. The van der Waals surface area contributed by atoms with Crippen molar-refractivity contribution in [3.63, 3.8) is 0 Å². The second-order valence-corrected chi connectivity index (χ2v) is 12.8. The number of nitrogens with two attached hydrogens (primary N) is 2. The van der Waals surface area contributed by atoms with Gasteiger partial charge in [-0.05, 0) is 47.6 Å². The van der Waals surface area contributed by atoms with Crippen LogP contribution in [0.2, 0.25) is 0 Å². The topological polar surface area (TPSA) is 158 Å². The molecule has 2 atom stereocenters. The van der Waals surface area contributed by atoms with Gasteiger partial charge < -0.3 is 25.8 Å². The van der Waals surface area contributed by atoms with Gasteiger partial charge in [-0.15, -0.1) is 4.90 Å². The quantitative estimate of drug-likeness (QED) is 0.0642. The first-order chi connectivity index (χ1) is 26.7. The van der Waals surface area contributed by atoms with Crippen LogP contribution in [0.1, 0.15) is 59.5 Å². The zero-order valence-electron chi connectivity index (χ0n) is 30.6. The first kappa shape index (κ1) is 39.5. The molecule has 55 heavy (non-hydrogen) atoms. The molecule has 0 aromatic heterocycles. The number of nitrogens with zero attached hydrogens (tertiary/aromatic N) is 3. The van der Waals surface area contributed by atoms with Gasteiger partial charge in [-0.2, -0.15) is 0 Å². The SMILES string of the molecule is CC(c1ccccc1)N(C(=O)C(c1ccccc1)c1ccccc1)[C@H](CCCN=C(N)N)C(=O)N(C(=O)OCc1ccccc1)C(=O)OCc1ccccc1. The number of carbonyl (C=O) groups excluding carboxylic acids is 4. The molecule has 0 radical (unpaired) electrons. The van der Waals surface area contributed by atoms with Gasteiger partial charge in [0.05, 0.1) is 12.0 Å². The van der Waals surface area contributed by atoms with E-state index >= 15 is 9.59 Å². The number of ether oxygens (including phenoxy) is 2. The number of guanidine groups is 1. The Balaban J connectivity index is 1.61. The van der Waals surface area contributed by atoms with Gasteiger partial charge in [-0.25, -0.2) is 9.59 Å². The van der Waals surface area contributed by atoms with E-state index in [9.17, 15) is 9.59 Å². The lowest BCUT2D eigenvalue weighted by atomic mass is 9.88. The molecule has 5 aromatic rings. The molecule has 4 amide bonds. The number of benzene rings is 5. The first-order valence-corrected chi connectivity index (χ1v) is 18.0. The highest BCUT2D eigenvalue weighted by Crippen LogP contribution is 2.34. The molecule has 0 aliphatic rings. The smallest absolute Gasteiger partial charge is 0.426 e. The largest absolute Gasteiger partial charge is 0.444 e. The molecule has 0 heterocycles. The fraction of sp³-hybridized carbons (Fsp3) is 0.205. The van der Waals surface area contributed by atoms with Gasteiger partial charge in [-0.3, -0.25) is 14.6 Å². The molecule has 0 spiro atoms. The zero-order valence-corrected chi connectivity index (χ0v) is 30.6. The maximum atomic E-state index is 15.4. The van der Waals surface area contributed by atoms with E-state index in [0.29, 0.717) is 27.2 Å². The highest BCUT2D eigenvalue weighted by molar-refractivity contribution is 6.09. The van der Waals surface area contributed by atoms with E-state index in [1.165, 1.54) is 4.90 Å². The predicted octanol–water partition coefficient (Wildman–Crippen LogP) is 7.33. The van der Waals surface area contributed by atoms with Crippen molar-refractivity contribution in [2.45, 2.75) is 51.0 Å². The average Bonchev–Trinajstić information content (AvgIpc) is 3.22. The molecule has 0 fully saturated rings. The van der Waals surface area contributed by atoms with E-state index in [2.05, 4.69) is 4.99 Å². The highest BCUT2D eigenvalue weighted by atomic mass is 16.6. The molecule has 5 aromatic carbocycles. The van der Waals surface area contributed by atoms with Gasteiger partial charge in [0, 0.05) is 6.54 Å². The molecule has 11 nitrogen and oxygen atoms in total. The maximum absolute atomic E-state index is 15.4. The molecule has 0 aliphatic heterocycles. The molecule has 0 saturated heterocycles. The van der Waals surface area contributed by atoms with Gasteiger partial charge in [0.1, 0.15) is 19.3 Å². The minimum Gasteiger partial charge on any atom is -0.444 e. The second kappa shape index (κ2) is 19.9. The van der Waals surface area contributed by atoms with E-state index in [-0.39, 0.29) is 38.6 Å². The van der Waals surface area contributed by atoms with E-state index in [0.717, 1.165) is 5.56 Å². The molecule has 0 saturated carbocycles. The highest BCUT2D eigenvalue weighted by Gasteiger charge is 2.44. The number of hydrogen-bond acceptors (Lipinski definition) is 7. The van der Waals surface area contributed by atoms with Crippen molar-refractivity contribution >= 4 is 30.0 Å². The fourth-order valence-corrected chi connectivity index (χ4v) is 6.27. The van der Waals surface area contributed by atoms with Crippen LogP contribution in [0.25, 0.3) is 0 Å². The van der Waals surface area contributed by atoms with E-state index in [4.69, 9.17) is 20.9 Å². The third-order valence-electron chi connectivity index (χ3n) is 9.01.